The average molecular weight is 515 g/mol. The number of aryl methyl sites for hydroxylation is 1. The first-order valence-corrected chi connectivity index (χ1v) is 12.5. The lowest BCUT2D eigenvalue weighted by molar-refractivity contribution is -0.132. The van der Waals surface area contributed by atoms with Gasteiger partial charge in [-0.3, -0.25) is 14.5 Å². The van der Waals surface area contributed by atoms with Crippen LogP contribution in [0.1, 0.15) is 22.7 Å². The zero-order valence-electron chi connectivity index (χ0n) is 20.1. The molecule has 186 valence electrons. The van der Waals surface area contributed by atoms with E-state index in [1.807, 2.05) is 25.1 Å². The van der Waals surface area contributed by atoms with Gasteiger partial charge in [0, 0.05) is 11.1 Å². The maximum Gasteiger partial charge on any atom is 0.301 e. The SMILES string of the molecule is COc1ccccc1C1/C(=C(\O)c2ccc3c(c2)OCCO3)C(=O)C(=O)N1c1nc2ccc(C)cc2s1. The van der Waals surface area contributed by atoms with Gasteiger partial charge in [0.05, 0.1) is 22.9 Å². The third kappa shape index (κ3) is 3.79. The van der Waals surface area contributed by atoms with Gasteiger partial charge in [0.15, 0.2) is 16.6 Å². The maximum atomic E-state index is 13.5. The van der Waals surface area contributed by atoms with Gasteiger partial charge in [0.1, 0.15) is 30.8 Å². The second-order valence-corrected chi connectivity index (χ2v) is 9.75. The summed E-state index contributed by atoms with van der Waals surface area (Å²) in [6, 6.07) is 16.9. The Morgan fingerprint density at radius 1 is 1.05 bits per heavy atom. The highest BCUT2D eigenvalue weighted by Gasteiger charge is 2.49. The van der Waals surface area contributed by atoms with E-state index in [1.165, 1.54) is 23.3 Å². The minimum atomic E-state index is -0.953. The number of carbonyl (C=O) groups excluding carboxylic acids is 2. The predicted octanol–water partition coefficient (Wildman–Crippen LogP) is 5.01. The summed E-state index contributed by atoms with van der Waals surface area (Å²) in [5, 5.41) is 11.8. The summed E-state index contributed by atoms with van der Waals surface area (Å²) in [5.41, 5.74) is 2.62. The lowest BCUT2D eigenvalue weighted by Crippen LogP contribution is -2.29. The van der Waals surface area contributed by atoms with Gasteiger partial charge in [0.25, 0.3) is 5.78 Å². The number of fused-ring (bicyclic) bond motifs is 2. The quantitative estimate of drug-likeness (QED) is 0.232. The molecule has 8 nitrogen and oxygen atoms in total. The second kappa shape index (κ2) is 8.94. The zero-order valence-corrected chi connectivity index (χ0v) is 20.9. The van der Waals surface area contributed by atoms with E-state index in [0.29, 0.717) is 46.7 Å². The number of amides is 1. The van der Waals surface area contributed by atoms with Crippen molar-refractivity contribution in [1.29, 1.82) is 0 Å². The largest absolute Gasteiger partial charge is 0.507 e. The molecule has 0 spiro atoms. The number of ether oxygens (including phenoxy) is 3. The van der Waals surface area contributed by atoms with Gasteiger partial charge < -0.3 is 19.3 Å². The molecule has 1 saturated heterocycles. The Bertz CT molecular complexity index is 1610. The van der Waals surface area contributed by atoms with Crippen LogP contribution in [0.25, 0.3) is 16.0 Å². The van der Waals surface area contributed by atoms with Crippen LogP contribution >= 0.6 is 11.3 Å². The number of hydrogen-bond acceptors (Lipinski definition) is 8. The average Bonchev–Trinajstić information content (AvgIpc) is 3.45. The molecule has 1 amide bonds. The lowest BCUT2D eigenvalue weighted by Gasteiger charge is -2.24. The number of thiazole rings is 1. The fraction of sp³-hybridized carbons (Fsp3) is 0.179. The first-order valence-electron chi connectivity index (χ1n) is 11.7. The number of nitrogens with zero attached hydrogens (tertiary/aromatic N) is 2. The van der Waals surface area contributed by atoms with Crippen LogP contribution in [0.5, 0.6) is 17.2 Å². The summed E-state index contributed by atoms with van der Waals surface area (Å²) in [6.45, 7) is 2.78. The van der Waals surface area contributed by atoms with Crippen LogP contribution in [-0.2, 0) is 9.59 Å². The Kier molecular flexibility index (Phi) is 5.57. The number of para-hydroxylation sites is 1. The normalized spacial score (nSPS) is 18.4. The van der Waals surface area contributed by atoms with Gasteiger partial charge in [-0.05, 0) is 48.9 Å². The fourth-order valence-corrected chi connectivity index (χ4v) is 5.78. The topological polar surface area (TPSA) is 98.2 Å². The summed E-state index contributed by atoms with van der Waals surface area (Å²) in [6.07, 6.45) is 0. The van der Waals surface area contributed by atoms with Crippen molar-refractivity contribution in [3.05, 3.63) is 82.9 Å². The van der Waals surface area contributed by atoms with Crippen LogP contribution in [0, 0.1) is 6.92 Å². The molecule has 0 radical (unpaired) electrons. The maximum absolute atomic E-state index is 13.5. The first kappa shape index (κ1) is 23.1. The van der Waals surface area contributed by atoms with E-state index in [9.17, 15) is 14.7 Å². The van der Waals surface area contributed by atoms with Gasteiger partial charge in [-0.25, -0.2) is 4.98 Å². The molecule has 37 heavy (non-hydrogen) atoms. The molecule has 4 aromatic rings. The van der Waals surface area contributed by atoms with Gasteiger partial charge in [-0.1, -0.05) is 35.6 Å². The van der Waals surface area contributed by atoms with E-state index in [2.05, 4.69) is 4.98 Å². The Labute approximate surface area is 216 Å². The molecule has 2 aliphatic rings. The lowest BCUT2D eigenvalue weighted by atomic mass is 9.94. The standard InChI is InChI=1S/C28H22N2O6S/c1-15-7-9-18-22(13-15)37-28(29-18)30-24(17-5-3-4-6-19(17)34-2)23(26(32)27(30)33)25(31)16-8-10-20-21(14-16)36-12-11-35-20/h3-10,13-14,24,31H,11-12H2,1-2H3/b25-23+. The zero-order chi connectivity index (χ0) is 25.7. The number of methoxy groups -OCH3 is 1. The van der Waals surface area contributed by atoms with Gasteiger partial charge in [-0.15, -0.1) is 0 Å². The smallest absolute Gasteiger partial charge is 0.301 e. The number of Topliss-reactive ketones (excluding diaryl/α,β-unsaturated/α-hetero) is 1. The van der Waals surface area contributed by atoms with Crippen molar-refractivity contribution in [1.82, 2.24) is 4.98 Å². The van der Waals surface area contributed by atoms with E-state index >= 15 is 0 Å². The van der Waals surface area contributed by atoms with Crippen LogP contribution in [0.2, 0.25) is 0 Å². The Balaban J connectivity index is 1.56. The number of aliphatic hydroxyl groups excluding tert-OH is 1. The van der Waals surface area contributed by atoms with Crippen LogP contribution in [0.15, 0.2) is 66.2 Å². The molecule has 1 N–H and O–H groups in total. The van der Waals surface area contributed by atoms with E-state index in [0.717, 1.165) is 15.8 Å². The summed E-state index contributed by atoms with van der Waals surface area (Å²) >= 11 is 1.31. The molecular formula is C28H22N2O6S. The van der Waals surface area contributed by atoms with Crippen molar-refractivity contribution in [3.8, 4) is 17.2 Å². The van der Waals surface area contributed by atoms with Gasteiger partial charge in [0.2, 0.25) is 0 Å². The van der Waals surface area contributed by atoms with Crippen LogP contribution < -0.4 is 19.1 Å². The van der Waals surface area contributed by atoms with E-state index in [4.69, 9.17) is 14.2 Å². The van der Waals surface area contributed by atoms with Crippen molar-refractivity contribution >= 4 is 44.1 Å². The van der Waals surface area contributed by atoms with Crippen molar-refractivity contribution in [2.75, 3.05) is 25.2 Å². The van der Waals surface area contributed by atoms with Gasteiger partial charge in [-0.2, -0.15) is 0 Å². The van der Waals surface area contributed by atoms with Crippen molar-refractivity contribution in [2.24, 2.45) is 0 Å². The number of aromatic nitrogens is 1. The molecule has 2 aliphatic heterocycles. The molecule has 0 aliphatic carbocycles. The number of ketones is 1. The highest BCUT2D eigenvalue weighted by Crippen LogP contribution is 2.47. The Hall–Kier alpha value is -4.37. The second-order valence-electron chi connectivity index (χ2n) is 8.74. The van der Waals surface area contributed by atoms with Gasteiger partial charge >= 0.3 is 5.91 Å². The molecule has 1 unspecified atom stereocenters. The molecule has 0 saturated carbocycles. The minimum Gasteiger partial charge on any atom is -0.507 e. The van der Waals surface area contributed by atoms with E-state index < -0.39 is 17.7 Å². The summed E-state index contributed by atoms with van der Waals surface area (Å²) in [5.74, 6) is -0.408. The predicted molar refractivity (Wildman–Crippen MR) is 140 cm³/mol. The summed E-state index contributed by atoms with van der Waals surface area (Å²) in [7, 11) is 1.52. The Morgan fingerprint density at radius 3 is 2.65 bits per heavy atom. The van der Waals surface area contributed by atoms with Crippen molar-refractivity contribution in [3.63, 3.8) is 0 Å². The van der Waals surface area contributed by atoms with E-state index in [1.54, 1.807) is 42.5 Å². The number of benzene rings is 3. The van der Waals surface area contributed by atoms with Crippen LogP contribution in [0.3, 0.4) is 0 Å². The van der Waals surface area contributed by atoms with E-state index in [-0.39, 0.29) is 11.3 Å². The number of carbonyl (C=O) groups is 2. The highest BCUT2D eigenvalue weighted by molar-refractivity contribution is 7.22. The van der Waals surface area contributed by atoms with Crippen molar-refractivity contribution < 1.29 is 28.9 Å². The summed E-state index contributed by atoms with van der Waals surface area (Å²) < 4.78 is 17.7. The molecule has 1 aromatic heterocycles. The number of hydrogen-bond donors (Lipinski definition) is 1. The molecule has 9 heteroatoms. The molecule has 3 heterocycles. The molecule has 1 atom stereocenters. The van der Waals surface area contributed by atoms with Crippen molar-refractivity contribution in [2.45, 2.75) is 13.0 Å². The fourth-order valence-electron chi connectivity index (χ4n) is 4.69. The van der Waals surface area contributed by atoms with Crippen LogP contribution in [-0.4, -0.2) is 42.1 Å². The molecule has 0 bridgehead atoms. The van der Waals surface area contributed by atoms with Crippen LogP contribution in [0.4, 0.5) is 5.13 Å². The monoisotopic (exact) mass is 514 g/mol. The minimum absolute atomic E-state index is 0.0541. The molecular weight excluding hydrogens is 492 g/mol. The third-order valence-corrected chi connectivity index (χ3v) is 7.45. The Morgan fingerprint density at radius 2 is 1.84 bits per heavy atom. The number of anilines is 1. The third-order valence-electron chi connectivity index (χ3n) is 6.43. The number of aliphatic hydroxyl groups is 1. The summed E-state index contributed by atoms with van der Waals surface area (Å²) in [4.78, 5) is 33.1. The number of rotatable bonds is 4. The first-order chi connectivity index (χ1) is 18.0. The molecule has 6 rings (SSSR count). The highest BCUT2D eigenvalue weighted by atomic mass is 32.1. The molecule has 3 aromatic carbocycles. The molecule has 1 fully saturated rings.